The van der Waals surface area contributed by atoms with Crippen LogP contribution in [0.3, 0.4) is 0 Å². The molecule has 0 N–H and O–H groups in total. The van der Waals surface area contributed by atoms with Crippen molar-refractivity contribution in [2.75, 3.05) is 37.6 Å². The van der Waals surface area contributed by atoms with E-state index in [9.17, 15) is 0 Å². The fourth-order valence-corrected chi connectivity index (χ4v) is 2.13. The van der Waals surface area contributed by atoms with Gasteiger partial charge in [0.1, 0.15) is 0 Å². The number of nitrogens with zero attached hydrogens (tertiary/aromatic N) is 2. The molecule has 1 fully saturated rings. The number of benzene rings is 1. The second kappa shape index (κ2) is 6.26. The van der Waals surface area contributed by atoms with Crippen molar-refractivity contribution in [3.8, 4) is 0 Å². The van der Waals surface area contributed by atoms with E-state index in [-0.39, 0.29) is 0 Å². The number of hydrogen-bond acceptors (Lipinski definition) is 2. The number of hydrogen-bond donors (Lipinski definition) is 0. The number of anilines is 1. The van der Waals surface area contributed by atoms with Crippen molar-refractivity contribution in [3.05, 3.63) is 55.1 Å². The number of para-hydroxylation sites is 1. The molecule has 1 aliphatic rings. The maximum atomic E-state index is 3.68. The van der Waals surface area contributed by atoms with Crippen LogP contribution < -0.4 is 4.90 Å². The zero-order chi connectivity index (χ0) is 11.9. The fraction of sp³-hybridized carbons (Fsp3) is 0.333. The predicted octanol–water partition coefficient (Wildman–Crippen LogP) is 2.55. The van der Waals surface area contributed by atoms with Gasteiger partial charge in [-0.2, -0.15) is 0 Å². The van der Waals surface area contributed by atoms with E-state index < -0.39 is 0 Å². The van der Waals surface area contributed by atoms with Gasteiger partial charge in [0.2, 0.25) is 0 Å². The Morgan fingerprint density at radius 3 is 2.41 bits per heavy atom. The third-order valence-electron chi connectivity index (χ3n) is 3.13. The SMILES string of the molecule is C=CC=CCN1CCN(c2ccccc2)CC1. The fourth-order valence-electron chi connectivity index (χ4n) is 2.13. The maximum absolute atomic E-state index is 3.68. The van der Waals surface area contributed by atoms with E-state index in [1.54, 1.807) is 0 Å². The van der Waals surface area contributed by atoms with Crippen LogP contribution in [0.1, 0.15) is 0 Å². The van der Waals surface area contributed by atoms with Crippen LogP contribution in [0.15, 0.2) is 55.1 Å². The van der Waals surface area contributed by atoms with Crippen LogP contribution in [-0.2, 0) is 0 Å². The minimum Gasteiger partial charge on any atom is -0.369 e. The van der Waals surface area contributed by atoms with Crippen molar-refractivity contribution in [2.24, 2.45) is 0 Å². The molecule has 2 rings (SSSR count). The van der Waals surface area contributed by atoms with E-state index in [1.165, 1.54) is 5.69 Å². The molecule has 0 atom stereocenters. The molecule has 0 bridgehead atoms. The van der Waals surface area contributed by atoms with Crippen molar-refractivity contribution >= 4 is 5.69 Å². The van der Waals surface area contributed by atoms with Gasteiger partial charge in [-0.1, -0.05) is 43.0 Å². The molecule has 1 heterocycles. The van der Waals surface area contributed by atoms with E-state index in [0.29, 0.717) is 0 Å². The molecule has 0 spiro atoms. The summed E-state index contributed by atoms with van der Waals surface area (Å²) in [6, 6.07) is 10.7. The van der Waals surface area contributed by atoms with E-state index in [4.69, 9.17) is 0 Å². The Hall–Kier alpha value is -1.54. The molecule has 1 aromatic rings. The second-order valence-corrected chi connectivity index (χ2v) is 4.29. The first-order valence-electron chi connectivity index (χ1n) is 6.20. The van der Waals surface area contributed by atoms with Crippen LogP contribution in [0.5, 0.6) is 0 Å². The monoisotopic (exact) mass is 228 g/mol. The molecule has 2 heteroatoms. The second-order valence-electron chi connectivity index (χ2n) is 4.29. The molecule has 1 aromatic carbocycles. The van der Waals surface area contributed by atoms with Gasteiger partial charge in [-0.05, 0) is 12.1 Å². The Morgan fingerprint density at radius 2 is 1.76 bits per heavy atom. The van der Waals surface area contributed by atoms with Crippen molar-refractivity contribution in [2.45, 2.75) is 0 Å². The summed E-state index contributed by atoms with van der Waals surface area (Å²) in [4.78, 5) is 4.92. The van der Waals surface area contributed by atoms with E-state index in [2.05, 4.69) is 52.8 Å². The van der Waals surface area contributed by atoms with Gasteiger partial charge >= 0.3 is 0 Å². The van der Waals surface area contributed by atoms with E-state index >= 15 is 0 Å². The first-order valence-corrected chi connectivity index (χ1v) is 6.20. The summed E-state index contributed by atoms with van der Waals surface area (Å²) in [5, 5.41) is 0. The quantitative estimate of drug-likeness (QED) is 0.731. The Bertz CT molecular complexity index is 362. The van der Waals surface area contributed by atoms with E-state index in [1.807, 2.05) is 12.2 Å². The minimum absolute atomic E-state index is 1.04. The topological polar surface area (TPSA) is 6.48 Å². The lowest BCUT2D eigenvalue weighted by Gasteiger charge is -2.35. The molecule has 0 radical (unpaired) electrons. The number of rotatable bonds is 4. The molecule has 1 saturated heterocycles. The van der Waals surface area contributed by atoms with Gasteiger partial charge in [-0.15, -0.1) is 0 Å². The van der Waals surface area contributed by atoms with Crippen molar-refractivity contribution < 1.29 is 0 Å². The average molecular weight is 228 g/mol. The molecule has 0 unspecified atom stereocenters. The van der Waals surface area contributed by atoms with Gasteiger partial charge in [0, 0.05) is 38.4 Å². The lowest BCUT2D eigenvalue weighted by atomic mass is 10.2. The van der Waals surface area contributed by atoms with Crippen molar-refractivity contribution in [1.82, 2.24) is 4.90 Å². The highest BCUT2D eigenvalue weighted by atomic mass is 15.3. The summed E-state index contributed by atoms with van der Waals surface area (Å²) in [5.74, 6) is 0. The van der Waals surface area contributed by atoms with Gasteiger partial charge < -0.3 is 4.90 Å². The van der Waals surface area contributed by atoms with Crippen LogP contribution in [0.2, 0.25) is 0 Å². The lowest BCUT2D eigenvalue weighted by molar-refractivity contribution is 0.284. The molecule has 17 heavy (non-hydrogen) atoms. The summed E-state index contributed by atoms with van der Waals surface area (Å²) in [6.07, 6.45) is 6.02. The highest BCUT2D eigenvalue weighted by Crippen LogP contribution is 2.15. The molecule has 2 nitrogen and oxygen atoms in total. The number of piperazine rings is 1. The molecular formula is C15H20N2. The van der Waals surface area contributed by atoms with Crippen LogP contribution in [0.25, 0.3) is 0 Å². The van der Waals surface area contributed by atoms with Crippen LogP contribution in [-0.4, -0.2) is 37.6 Å². The minimum atomic E-state index is 1.04. The zero-order valence-corrected chi connectivity index (χ0v) is 10.3. The predicted molar refractivity (Wildman–Crippen MR) is 74.4 cm³/mol. The molecule has 0 aliphatic carbocycles. The van der Waals surface area contributed by atoms with Crippen LogP contribution in [0, 0.1) is 0 Å². The Labute approximate surface area is 104 Å². The first-order chi connectivity index (χ1) is 8.40. The smallest absolute Gasteiger partial charge is 0.0367 e. The molecule has 0 amide bonds. The van der Waals surface area contributed by atoms with Crippen molar-refractivity contribution in [3.63, 3.8) is 0 Å². The van der Waals surface area contributed by atoms with Gasteiger partial charge in [0.05, 0.1) is 0 Å². The lowest BCUT2D eigenvalue weighted by Crippen LogP contribution is -2.46. The summed E-state index contributed by atoms with van der Waals surface area (Å²) < 4.78 is 0. The highest BCUT2D eigenvalue weighted by Gasteiger charge is 2.15. The molecule has 0 saturated carbocycles. The standard InChI is InChI=1S/C15H20N2/c1-2-3-7-10-16-11-13-17(14-12-16)15-8-5-4-6-9-15/h2-9H,1,10-14H2. The molecule has 0 aromatic heterocycles. The average Bonchev–Trinajstić information content (AvgIpc) is 2.41. The van der Waals surface area contributed by atoms with Crippen LogP contribution in [0.4, 0.5) is 5.69 Å². The molecule has 90 valence electrons. The van der Waals surface area contributed by atoms with Gasteiger partial charge in [-0.25, -0.2) is 0 Å². The summed E-state index contributed by atoms with van der Waals surface area (Å²) >= 11 is 0. The Balaban J connectivity index is 1.82. The van der Waals surface area contributed by atoms with Crippen molar-refractivity contribution in [1.29, 1.82) is 0 Å². The Morgan fingerprint density at radius 1 is 1.06 bits per heavy atom. The Kier molecular flexibility index (Phi) is 4.39. The van der Waals surface area contributed by atoms with Gasteiger partial charge in [0.15, 0.2) is 0 Å². The zero-order valence-electron chi connectivity index (χ0n) is 10.3. The third-order valence-corrected chi connectivity index (χ3v) is 3.13. The molecular weight excluding hydrogens is 208 g/mol. The summed E-state index contributed by atoms with van der Waals surface area (Å²) in [5.41, 5.74) is 1.34. The third kappa shape index (κ3) is 3.46. The summed E-state index contributed by atoms with van der Waals surface area (Å²) in [7, 11) is 0. The highest BCUT2D eigenvalue weighted by molar-refractivity contribution is 5.46. The normalized spacial score (nSPS) is 17.5. The van der Waals surface area contributed by atoms with Crippen LogP contribution >= 0.6 is 0 Å². The first kappa shape index (κ1) is 11.9. The van der Waals surface area contributed by atoms with Gasteiger partial charge in [-0.3, -0.25) is 4.90 Å². The maximum Gasteiger partial charge on any atom is 0.0367 e. The van der Waals surface area contributed by atoms with E-state index in [0.717, 1.165) is 32.7 Å². The number of allylic oxidation sites excluding steroid dienone is 2. The largest absolute Gasteiger partial charge is 0.369 e. The summed E-state index contributed by atoms with van der Waals surface area (Å²) in [6.45, 7) is 9.22. The molecule has 1 aliphatic heterocycles. The van der Waals surface area contributed by atoms with Gasteiger partial charge in [0.25, 0.3) is 0 Å².